The van der Waals surface area contributed by atoms with Crippen LogP contribution < -0.4 is 10.2 Å². The van der Waals surface area contributed by atoms with Gasteiger partial charge in [-0.05, 0) is 40.2 Å². The number of amidine groups is 1. The Hall–Kier alpha value is -1.58. The van der Waals surface area contributed by atoms with Gasteiger partial charge in [0.15, 0.2) is 0 Å². The summed E-state index contributed by atoms with van der Waals surface area (Å²) in [7, 11) is 1.25. The molecule has 1 N–H and O–H groups in total. The third-order valence-electron chi connectivity index (χ3n) is 4.31. The van der Waals surface area contributed by atoms with E-state index in [1.165, 1.54) is 25.2 Å². The second-order valence-electron chi connectivity index (χ2n) is 6.40. The summed E-state index contributed by atoms with van der Waals surface area (Å²) in [4.78, 5) is 31.4. The van der Waals surface area contributed by atoms with E-state index in [-0.39, 0.29) is 11.5 Å². The average molecular weight is 571 g/mol. The Labute approximate surface area is 206 Å². The molecule has 12 heteroatoms. The standard InChI is InChI=1S/C19H14BrCl4FN4O2/c1-28-17(30)16(29(18(28)31)13-9-5-3-7-11(13)25)27-15(14(21)19(22,23)24)26-12-8-4-2-6-10(12)20/h2-9,14-15,26H,1H3. The zero-order chi connectivity index (χ0) is 22.9. The van der Waals surface area contributed by atoms with Gasteiger partial charge in [-0.2, -0.15) is 0 Å². The number of likely N-dealkylation sites (N-methyl/N-ethyl adjacent to an activating group) is 1. The zero-order valence-corrected chi connectivity index (χ0v) is 20.3. The first-order valence-corrected chi connectivity index (χ1v) is 11.0. The zero-order valence-electron chi connectivity index (χ0n) is 15.7. The first-order valence-electron chi connectivity index (χ1n) is 8.68. The van der Waals surface area contributed by atoms with Crippen LogP contribution in [0.1, 0.15) is 0 Å². The summed E-state index contributed by atoms with van der Waals surface area (Å²) in [5, 5.41) is 1.73. The number of carbonyl (C=O) groups is 2. The van der Waals surface area contributed by atoms with Gasteiger partial charge >= 0.3 is 6.03 Å². The molecule has 3 amide bonds. The fourth-order valence-corrected chi connectivity index (χ4v) is 3.63. The summed E-state index contributed by atoms with van der Waals surface area (Å²) in [6, 6.07) is 11.7. The maximum Gasteiger partial charge on any atom is 0.337 e. The van der Waals surface area contributed by atoms with Crippen LogP contribution in [-0.4, -0.2) is 45.1 Å². The van der Waals surface area contributed by atoms with Crippen molar-refractivity contribution in [2.24, 2.45) is 4.99 Å². The highest BCUT2D eigenvalue weighted by Gasteiger charge is 2.45. The average Bonchev–Trinajstić information content (AvgIpc) is 2.92. The number of aliphatic imine (C=N–C) groups is 1. The lowest BCUT2D eigenvalue weighted by molar-refractivity contribution is -0.119. The number of hydrogen-bond donors (Lipinski definition) is 1. The van der Waals surface area contributed by atoms with E-state index >= 15 is 0 Å². The van der Waals surface area contributed by atoms with Gasteiger partial charge in [0, 0.05) is 11.5 Å². The van der Waals surface area contributed by atoms with E-state index in [4.69, 9.17) is 46.4 Å². The van der Waals surface area contributed by atoms with E-state index in [1.54, 1.807) is 24.3 Å². The van der Waals surface area contributed by atoms with Crippen molar-refractivity contribution in [3.05, 3.63) is 58.8 Å². The van der Waals surface area contributed by atoms with Crippen molar-refractivity contribution < 1.29 is 14.0 Å². The number of alkyl halides is 4. The Balaban J connectivity index is 2.11. The minimum absolute atomic E-state index is 0.149. The first-order chi connectivity index (χ1) is 14.5. The molecule has 2 aromatic carbocycles. The molecule has 1 fully saturated rings. The maximum atomic E-state index is 14.4. The number of hydrogen-bond acceptors (Lipinski definition) is 4. The molecule has 1 aliphatic heterocycles. The van der Waals surface area contributed by atoms with E-state index in [0.717, 1.165) is 15.9 Å². The number of nitrogens with one attached hydrogen (secondary N) is 1. The number of para-hydroxylation sites is 2. The molecule has 0 radical (unpaired) electrons. The first kappa shape index (κ1) is 24.1. The molecule has 2 unspecified atom stereocenters. The maximum absolute atomic E-state index is 14.4. The van der Waals surface area contributed by atoms with Crippen molar-refractivity contribution >= 4 is 91.5 Å². The summed E-state index contributed by atoms with van der Waals surface area (Å²) >= 11 is 27.7. The molecule has 1 saturated heterocycles. The number of urea groups is 1. The molecule has 31 heavy (non-hydrogen) atoms. The molecule has 2 aromatic rings. The lowest BCUT2D eigenvalue weighted by atomic mass is 10.2. The highest BCUT2D eigenvalue weighted by Crippen LogP contribution is 2.38. The van der Waals surface area contributed by atoms with E-state index in [1.807, 2.05) is 0 Å². The van der Waals surface area contributed by atoms with Gasteiger partial charge in [-0.1, -0.05) is 59.1 Å². The lowest BCUT2D eigenvalue weighted by Crippen LogP contribution is -2.41. The molecule has 1 aliphatic rings. The minimum Gasteiger partial charge on any atom is -0.361 e. The summed E-state index contributed by atoms with van der Waals surface area (Å²) in [5.41, 5.74) is 0.392. The normalized spacial score (nSPS) is 18.0. The predicted molar refractivity (Wildman–Crippen MR) is 126 cm³/mol. The monoisotopic (exact) mass is 568 g/mol. The van der Waals surface area contributed by atoms with Crippen molar-refractivity contribution in [2.75, 3.05) is 17.3 Å². The predicted octanol–water partition coefficient (Wildman–Crippen LogP) is 5.80. The van der Waals surface area contributed by atoms with Crippen molar-refractivity contribution in [3.8, 4) is 0 Å². The van der Waals surface area contributed by atoms with Crippen LogP contribution in [0.4, 0.5) is 20.6 Å². The SMILES string of the molecule is CN1C(=O)C(=NC(Nc2ccccc2Br)C(Cl)C(Cl)(Cl)Cl)N(c2ccccc2F)C1=O. The van der Waals surface area contributed by atoms with E-state index < -0.39 is 33.1 Å². The molecule has 6 nitrogen and oxygen atoms in total. The van der Waals surface area contributed by atoms with E-state index in [9.17, 15) is 14.0 Å². The van der Waals surface area contributed by atoms with Crippen LogP contribution in [-0.2, 0) is 4.79 Å². The molecular formula is C19H14BrCl4FN4O2. The third-order valence-corrected chi connectivity index (χ3v) is 6.61. The van der Waals surface area contributed by atoms with Crippen LogP contribution >= 0.6 is 62.3 Å². The second kappa shape index (κ2) is 9.50. The van der Waals surface area contributed by atoms with Gasteiger partial charge in [0.05, 0.1) is 11.4 Å². The van der Waals surface area contributed by atoms with Crippen LogP contribution in [0.3, 0.4) is 0 Å². The van der Waals surface area contributed by atoms with Gasteiger partial charge in [0.1, 0.15) is 17.4 Å². The minimum atomic E-state index is -1.98. The number of nitrogens with zero attached hydrogens (tertiary/aromatic N) is 3. The van der Waals surface area contributed by atoms with E-state index in [2.05, 4.69) is 26.2 Å². The number of benzene rings is 2. The van der Waals surface area contributed by atoms with Crippen molar-refractivity contribution in [2.45, 2.75) is 15.3 Å². The van der Waals surface area contributed by atoms with Gasteiger partial charge in [-0.15, -0.1) is 11.6 Å². The molecule has 1 heterocycles. The molecular weight excluding hydrogens is 557 g/mol. The van der Waals surface area contributed by atoms with Crippen LogP contribution in [0, 0.1) is 5.82 Å². The van der Waals surface area contributed by atoms with Crippen molar-refractivity contribution in [1.29, 1.82) is 0 Å². The number of imide groups is 1. The Kier molecular flexibility index (Phi) is 7.38. The summed E-state index contributed by atoms with van der Waals surface area (Å²) in [5.74, 6) is -1.85. The molecule has 0 bridgehead atoms. The Morgan fingerprint density at radius 3 is 2.32 bits per heavy atom. The highest BCUT2D eigenvalue weighted by atomic mass is 79.9. The fourth-order valence-electron chi connectivity index (χ4n) is 2.76. The molecule has 164 valence electrons. The second-order valence-corrected chi connectivity index (χ2v) is 10.1. The molecule has 0 saturated carbocycles. The van der Waals surface area contributed by atoms with Crippen molar-refractivity contribution in [1.82, 2.24) is 4.90 Å². The van der Waals surface area contributed by atoms with E-state index in [0.29, 0.717) is 10.2 Å². The number of rotatable bonds is 5. The van der Waals surface area contributed by atoms with Gasteiger partial charge in [-0.25, -0.2) is 19.1 Å². The Morgan fingerprint density at radius 2 is 1.71 bits per heavy atom. The smallest absolute Gasteiger partial charge is 0.337 e. The highest BCUT2D eigenvalue weighted by molar-refractivity contribution is 9.10. The Bertz CT molecular complexity index is 1050. The number of amides is 3. The molecule has 0 aromatic heterocycles. The molecule has 2 atom stereocenters. The number of halogens is 6. The van der Waals surface area contributed by atoms with Gasteiger partial charge in [0.25, 0.3) is 5.91 Å². The fraction of sp³-hybridized carbons (Fsp3) is 0.211. The summed E-state index contributed by atoms with van der Waals surface area (Å²) in [6.07, 6.45) is -1.18. The van der Waals surface area contributed by atoms with Crippen molar-refractivity contribution in [3.63, 3.8) is 0 Å². The molecule has 0 aliphatic carbocycles. The van der Waals surface area contributed by atoms with Gasteiger partial charge in [-0.3, -0.25) is 9.69 Å². The molecule has 3 rings (SSSR count). The topological polar surface area (TPSA) is 65.0 Å². The van der Waals surface area contributed by atoms with Crippen LogP contribution in [0.25, 0.3) is 0 Å². The van der Waals surface area contributed by atoms with Gasteiger partial charge in [0.2, 0.25) is 9.63 Å². The third kappa shape index (κ3) is 5.09. The number of carbonyl (C=O) groups excluding carboxylic acids is 2. The number of anilines is 2. The van der Waals surface area contributed by atoms with Crippen LogP contribution in [0.2, 0.25) is 0 Å². The summed E-state index contributed by atoms with van der Waals surface area (Å²) in [6.45, 7) is 0. The van der Waals surface area contributed by atoms with Crippen LogP contribution in [0.5, 0.6) is 0 Å². The van der Waals surface area contributed by atoms with Gasteiger partial charge < -0.3 is 5.32 Å². The largest absolute Gasteiger partial charge is 0.361 e. The molecule has 0 spiro atoms. The van der Waals surface area contributed by atoms with Crippen LogP contribution in [0.15, 0.2) is 58.0 Å². The quantitative estimate of drug-likeness (QED) is 0.365. The summed E-state index contributed by atoms with van der Waals surface area (Å²) < 4.78 is 13.1. The lowest BCUT2D eigenvalue weighted by Gasteiger charge is -2.27. The Morgan fingerprint density at radius 1 is 1.10 bits per heavy atom.